The van der Waals surface area contributed by atoms with Crippen LogP contribution in [0.25, 0.3) is 0 Å². The third kappa shape index (κ3) is 2.72. The molecule has 100 valence electrons. The summed E-state index contributed by atoms with van der Waals surface area (Å²) < 4.78 is 0. The zero-order chi connectivity index (χ0) is 13.9. The molecule has 3 nitrogen and oxygen atoms in total. The summed E-state index contributed by atoms with van der Waals surface area (Å²) in [5, 5.41) is 19.0. The van der Waals surface area contributed by atoms with Crippen LogP contribution in [0.15, 0.2) is 54.6 Å². The molecule has 1 heterocycles. The molecule has 0 bridgehead atoms. The van der Waals surface area contributed by atoms with Crippen molar-refractivity contribution in [1.29, 1.82) is 5.26 Å². The van der Waals surface area contributed by atoms with Gasteiger partial charge >= 0.3 is 0 Å². The number of aliphatic hydroxyl groups is 1. The zero-order valence-electron chi connectivity index (χ0n) is 11.1. The molecule has 2 aromatic carbocycles. The fraction of sp³-hybridized carbons (Fsp3) is 0.235. The molecule has 3 atom stereocenters. The number of aliphatic hydroxyl groups excluding tert-OH is 1. The maximum atomic E-state index is 10.2. The number of β-amino-alcohol motifs (C(OH)–C–C–N with tert-alkyl or cyclic N) is 1. The first kappa shape index (κ1) is 12.9. The zero-order valence-corrected chi connectivity index (χ0v) is 11.1. The molecule has 0 aromatic heterocycles. The largest absolute Gasteiger partial charge is 0.387 e. The smallest absolute Gasteiger partial charge is 0.0991 e. The van der Waals surface area contributed by atoms with Gasteiger partial charge in [-0.25, -0.2) is 0 Å². The monoisotopic (exact) mass is 264 g/mol. The van der Waals surface area contributed by atoms with Crippen LogP contribution in [-0.4, -0.2) is 23.1 Å². The van der Waals surface area contributed by atoms with Crippen molar-refractivity contribution in [2.24, 2.45) is 0 Å². The van der Waals surface area contributed by atoms with Crippen LogP contribution in [0.4, 0.5) is 0 Å². The van der Waals surface area contributed by atoms with E-state index >= 15 is 0 Å². The van der Waals surface area contributed by atoms with Crippen LogP contribution >= 0.6 is 0 Å². The number of rotatable bonds is 4. The van der Waals surface area contributed by atoms with Crippen molar-refractivity contribution in [1.82, 2.24) is 4.90 Å². The molecular formula is C17H16N2O. The first-order chi connectivity index (χ1) is 9.78. The lowest BCUT2D eigenvalue weighted by Crippen LogP contribution is -2.11. The van der Waals surface area contributed by atoms with Gasteiger partial charge in [-0.3, -0.25) is 4.90 Å². The van der Waals surface area contributed by atoms with Gasteiger partial charge in [0.1, 0.15) is 0 Å². The van der Waals surface area contributed by atoms with Gasteiger partial charge in [-0.15, -0.1) is 0 Å². The van der Waals surface area contributed by atoms with Gasteiger partial charge < -0.3 is 5.11 Å². The molecule has 0 aliphatic carbocycles. The highest BCUT2D eigenvalue weighted by molar-refractivity contribution is 5.34. The molecule has 1 N–H and O–H groups in total. The summed E-state index contributed by atoms with van der Waals surface area (Å²) in [5.74, 6) is 0. The lowest BCUT2D eigenvalue weighted by atomic mass is 10.1. The quantitative estimate of drug-likeness (QED) is 0.864. The third-order valence-electron chi connectivity index (χ3n) is 3.73. The highest BCUT2D eigenvalue weighted by atomic mass is 16.3. The number of benzene rings is 2. The van der Waals surface area contributed by atoms with Crippen LogP contribution in [0, 0.1) is 11.3 Å². The lowest BCUT2D eigenvalue weighted by Gasteiger charge is -2.12. The fourth-order valence-corrected chi connectivity index (χ4v) is 2.48. The van der Waals surface area contributed by atoms with E-state index in [1.165, 1.54) is 5.56 Å². The molecule has 1 aliphatic heterocycles. The summed E-state index contributed by atoms with van der Waals surface area (Å²) in [7, 11) is 0. The molecule has 20 heavy (non-hydrogen) atoms. The molecule has 1 aliphatic rings. The second kappa shape index (κ2) is 5.46. The van der Waals surface area contributed by atoms with Crippen LogP contribution in [0.3, 0.4) is 0 Å². The van der Waals surface area contributed by atoms with Gasteiger partial charge in [0.25, 0.3) is 0 Å². The van der Waals surface area contributed by atoms with Crippen molar-refractivity contribution in [2.45, 2.75) is 12.1 Å². The van der Waals surface area contributed by atoms with Gasteiger partial charge in [0, 0.05) is 19.1 Å². The minimum atomic E-state index is -0.445. The van der Waals surface area contributed by atoms with Crippen LogP contribution in [0.1, 0.15) is 28.8 Å². The van der Waals surface area contributed by atoms with E-state index in [0.29, 0.717) is 18.2 Å². The van der Waals surface area contributed by atoms with E-state index < -0.39 is 6.10 Å². The average molecular weight is 264 g/mol. The maximum Gasteiger partial charge on any atom is 0.0991 e. The Hall–Kier alpha value is -2.15. The van der Waals surface area contributed by atoms with Crippen molar-refractivity contribution in [3.05, 3.63) is 71.3 Å². The van der Waals surface area contributed by atoms with E-state index in [1.54, 1.807) is 0 Å². The highest BCUT2D eigenvalue weighted by Gasteiger charge is 2.36. The SMILES string of the molecule is N#Cc1ccc(C2CN2CC(O)c2ccccc2)cc1. The Balaban J connectivity index is 1.60. The highest BCUT2D eigenvalue weighted by Crippen LogP contribution is 2.36. The molecular weight excluding hydrogens is 248 g/mol. The predicted octanol–water partition coefficient (Wildman–Crippen LogP) is 2.65. The standard InChI is InChI=1S/C17H16N2O/c18-10-13-6-8-14(9-7-13)16-11-19(16)12-17(20)15-4-2-1-3-5-15/h1-9,16-17,20H,11-12H2. The van der Waals surface area contributed by atoms with Crippen molar-refractivity contribution < 1.29 is 5.11 Å². The van der Waals surface area contributed by atoms with Crippen LogP contribution in [-0.2, 0) is 0 Å². The molecule has 0 saturated carbocycles. The summed E-state index contributed by atoms with van der Waals surface area (Å²) in [4.78, 5) is 2.24. The van der Waals surface area contributed by atoms with Crippen LogP contribution < -0.4 is 0 Å². The van der Waals surface area contributed by atoms with Gasteiger partial charge in [-0.1, -0.05) is 42.5 Å². The van der Waals surface area contributed by atoms with E-state index in [4.69, 9.17) is 5.26 Å². The predicted molar refractivity (Wildman–Crippen MR) is 76.9 cm³/mol. The van der Waals surface area contributed by atoms with Gasteiger partial charge in [-0.05, 0) is 23.3 Å². The number of hydrogen-bond donors (Lipinski definition) is 1. The van der Waals surface area contributed by atoms with Crippen molar-refractivity contribution >= 4 is 0 Å². The number of hydrogen-bond acceptors (Lipinski definition) is 3. The average Bonchev–Trinajstić information content (AvgIpc) is 3.27. The van der Waals surface area contributed by atoms with Gasteiger partial charge in [0.05, 0.1) is 17.7 Å². The Labute approximate surface area is 118 Å². The Bertz CT molecular complexity index is 616. The van der Waals surface area contributed by atoms with Gasteiger partial charge in [0.15, 0.2) is 0 Å². The van der Waals surface area contributed by atoms with Crippen molar-refractivity contribution in [2.75, 3.05) is 13.1 Å². The Morgan fingerprint density at radius 1 is 1.15 bits per heavy atom. The summed E-state index contributed by atoms with van der Waals surface area (Å²) in [6.45, 7) is 1.62. The second-order valence-corrected chi connectivity index (χ2v) is 5.13. The molecule has 2 aromatic rings. The van der Waals surface area contributed by atoms with Gasteiger partial charge in [-0.2, -0.15) is 5.26 Å². The minimum absolute atomic E-state index is 0.376. The first-order valence-corrected chi connectivity index (χ1v) is 6.75. The fourth-order valence-electron chi connectivity index (χ4n) is 2.48. The van der Waals surface area contributed by atoms with E-state index in [2.05, 4.69) is 11.0 Å². The molecule has 3 unspecified atom stereocenters. The van der Waals surface area contributed by atoms with Crippen molar-refractivity contribution in [3.8, 4) is 6.07 Å². The summed E-state index contributed by atoms with van der Waals surface area (Å²) in [5.41, 5.74) is 2.85. The molecule has 0 radical (unpaired) electrons. The molecule has 3 heteroatoms. The van der Waals surface area contributed by atoms with E-state index in [-0.39, 0.29) is 0 Å². The van der Waals surface area contributed by atoms with E-state index in [1.807, 2.05) is 54.6 Å². The topological polar surface area (TPSA) is 47.0 Å². The van der Waals surface area contributed by atoms with Gasteiger partial charge in [0.2, 0.25) is 0 Å². The second-order valence-electron chi connectivity index (χ2n) is 5.13. The third-order valence-corrected chi connectivity index (χ3v) is 3.73. The first-order valence-electron chi connectivity index (χ1n) is 6.75. The Morgan fingerprint density at radius 3 is 2.50 bits per heavy atom. The normalized spacial score (nSPS) is 22.0. The molecule has 0 spiro atoms. The molecule has 1 saturated heterocycles. The summed E-state index contributed by atoms with van der Waals surface area (Å²) in [6, 6.07) is 19.9. The van der Waals surface area contributed by atoms with Crippen LogP contribution in [0.2, 0.25) is 0 Å². The summed E-state index contributed by atoms with van der Waals surface area (Å²) >= 11 is 0. The van der Waals surface area contributed by atoms with Crippen LogP contribution in [0.5, 0.6) is 0 Å². The number of nitrogens with zero attached hydrogens (tertiary/aromatic N) is 2. The molecule has 3 rings (SSSR count). The maximum absolute atomic E-state index is 10.2. The molecule has 1 fully saturated rings. The number of nitriles is 1. The Kier molecular flexibility index (Phi) is 3.51. The minimum Gasteiger partial charge on any atom is -0.387 e. The van der Waals surface area contributed by atoms with Crippen molar-refractivity contribution in [3.63, 3.8) is 0 Å². The summed E-state index contributed by atoms with van der Waals surface area (Å²) in [6.07, 6.45) is -0.445. The van der Waals surface area contributed by atoms with E-state index in [0.717, 1.165) is 12.1 Å². The Morgan fingerprint density at radius 2 is 1.85 bits per heavy atom. The molecule has 0 amide bonds. The van der Waals surface area contributed by atoms with E-state index in [9.17, 15) is 5.11 Å². The lowest BCUT2D eigenvalue weighted by molar-refractivity contribution is 0.153.